The molecular weight excluding hydrogens is 302 g/mol. The number of imidazole rings is 1. The number of aromatic nitrogens is 3. The zero-order valence-corrected chi connectivity index (χ0v) is 14.4. The molecule has 0 aliphatic heterocycles. The third kappa shape index (κ3) is 3.30. The van der Waals surface area contributed by atoms with Gasteiger partial charge in [-0.3, -0.25) is 9.20 Å². The van der Waals surface area contributed by atoms with E-state index in [0.29, 0.717) is 5.78 Å². The molecule has 0 fully saturated rings. The number of hydrogen-bond acceptors (Lipinski definition) is 4. The minimum absolute atomic E-state index is 0.139. The smallest absolute Gasteiger partial charge is 0.312 e. The van der Waals surface area contributed by atoms with Gasteiger partial charge in [0.1, 0.15) is 0 Å². The molecule has 0 spiro atoms. The van der Waals surface area contributed by atoms with Gasteiger partial charge in [-0.15, -0.1) is 0 Å². The van der Waals surface area contributed by atoms with Crippen LogP contribution in [0.25, 0.3) is 17.0 Å². The highest BCUT2D eigenvalue weighted by atomic mass is 16.5. The maximum absolute atomic E-state index is 12.2. The molecule has 2 heterocycles. The molecule has 0 amide bonds. The van der Waals surface area contributed by atoms with Gasteiger partial charge in [0.25, 0.3) is 0 Å². The van der Waals surface area contributed by atoms with E-state index in [0.717, 1.165) is 22.5 Å². The first-order chi connectivity index (χ1) is 11.4. The van der Waals surface area contributed by atoms with Crippen LogP contribution >= 0.6 is 0 Å². The van der Waals surface area contributed by atoms with E-state index in [2.05, 4.69) is 9.97 Å². The van der Waals surface area contributed by atoms with Crippen molar-refractivity contribution >= 4 is 11.7 Å². The van der Waals surface area contributed by atoms with E-state index in [1.54, 1.807) is 6.20 Å². The predicted molar refractivity (Wildman–Crippen MR) is 92.8 cm³/mol. The first kappa shape index (κ1) is 16.2. The minimum Gasteiger partial charge on any atom is -0.463 e. The number of carbonyl (C=O) groups excluding carboxylic acids is 1. The number of ether oxygens (including phenoxy) is 1. The second-order valence-corrected chi connectivity index (χ2v) is 6.29. The van der Waals surface area contributed by atoms with Gasteiger partial charge in [0, 0.05) is 18.0 Å². The number of benzene rings is 1. The minimum atomic E-state index is -0.262. The van der Waals surface area contributed by atoms with Gasteiger partial charge >= 0.3 is 5.97 Å². The summed E-state index contributed by atoms with van der Waals surface area (Å²) in [5.74, 6) is 0.324. The van der Waals surface area contributed by atoms with Crippen molar-refractivity contribution in [3.05, 3.63) is 53.5 Å². The average Bonchev–Trinajstić information content (AvgIpc) is 2.85. The molecule has 5 heteroatoms. The molecule has 3 aromatic rings. The van der Waals surface area contributed by atoms with E-state index in [9.17, 15) is 4.79 Å². The summed E-state index contributed by atoms with van der Waals surface area (Å²) >= 11 is 0. The van der Waals surface area contributed by atoms with Crippen LogP contribution in [0.2, 0.25) is 0 Å². The van der Waals surface area contributed by atoms with Crippen LogP contribution in [-0.2, 0) is 16.0 Å². The molecule has 2 aromatic heterocycles. The molecule has 3 rings (SSSR count). The molecule has 1 aromatic carbocycles. The van der Waals surface area contributed by atoms with Crippen LogP contribution in [0.5, 0.6) is 0 Å². The Morgan fingerprint density at radius 3 is 2.54 bits per heavy atom. The maximum Gasteiger partial charge on any atom is 0.312 e. The van der Waals surface area contributed by atoms with Crippen molar-refractivity contribution in [3.63, 3.8) is 0 Å². The fourth-order valence-corrected chi connectivity index (χ4v) is 2.63. The lowest BCUT2D eigenvalue weighted by atomic mass is 10.1. The van der Waals surface area contributed by atoms with Gasteiger partial charge in [-0.05, 0) is 33.3 Å². The molecular formula is C19H21N3O2. The summed E-state index contributed by atoms with van der Waals surface area (Å²) < 4.78 is 7.19. The van der Waals surface area contributed by atoms with Crippen molar-refractivity contribution in [2.45, 2.75) is 40.2 Å². The summed E-state index contributed by atoms with van der Waals surface area (Å²) in [6.45, 7) is 7.70. The van der Waals surface area contributed by atoms with Crippen LogP contribution in [0.15, 0.2) is 36.7 Å². The van der Waals surface area contributed by atoms with Gasteiger partial charge in [-0.1, -0.05) is 29.8 Å². The maximum atomic E-state index is 12.2. The number of carbonyl (C=O) groups is 1. The highest BCUT2D eigenvalue weighted by molar-refractivity contribution is 5.77. The SMILES string of the molecule is Cc1ccc(-c2nc3ncc(C)cn3c2CC(=O)OC(C)C)cc1. The van der Waals surface area contributed by atoms with Crippen molar-refractivity contribution < 1.29 is 9.53 Å². The molecule has 0 unspecified atom stereocenters. The van der Waals surface area contributed by atoms with Crippen LogP contribution in [0.1, 0.15) is 30.7 Å². The fraction of sp³-hybridized carbons (Fsp3) is 0.316. The van der Waals surface area contributed by atoms with Crippen LogP contribution in [0.3, 0.4) is 0 Å². The first-order valence-corrected chi connectivity index (χ1v) is 8.04. The monoisotopic (exact) mass is 323 g/mol. The van der Waals surface area contributed by atoms with Crippen molar-refractivity contribution in [2.75, 3.05) is 0 Å². The van der Waals surface area contributed by atoms with Crippen LogP contribution < -0.4 is 0 Å². The van der Waals surface area contributed by atoms with Gasteiger partial charge < -0.3 is 4.74 Å². The quantitative estimate of drug-likeness (QED) is 0.690. The predicted octanol–water partition coefficient (Wildman–Crippen LogP) is 3.51. The van der Waals surface area contributed by atoms with Crippen molar-refractivity contribution in [3.8, 4) is 11.3 Å². The number of nitrogens with zero attached hydrogens (tertiary/aromatic N) is 3. The van der Waals surface area contributed by atoms with Gasteiger partial charge in [0.15, 0.2) is 0 Å². The average molecular weight is 323 g/mol. The Labute approximate surface area is 141 Å². The number of hydrogen-bond donors (Lipinski definition) is 0. The molecule has 0 aliphatic carbocycles. The Balaban J connectivity index is 2.11. The zero-order valence-electron chi connectivity index (χ0n) is 14.4. The van der Waals surface area contributed by atoms with Gasteiger partial charge in [-0.2, -0.15) is 0 Å². The van der Waals surface area contributed by atoms with Crippen molar-refractivity contribution in [1.29, 1.82) is 0 Å². The highest BCUT2D eigenvalue weighted by Gasteiger charge is 2.19. The van der Waals surface area contributed by atoms with Crippen LogP contribution in [0, 0.1) is 13.8 Å². The normalized spacial score (nSPS) is 11.2. The van der Waals surface area contributed by atoms with E-state index in [4.69, 9.17) is 4.74 Å². The summed E-state index contributed by atoms with van der Waals surface area (Å²) in [6, 6.07) is 8.10. The molecule has 0 bridgehead atoms. The Morgan fingerprint density at radius 1 is 1.17 bits per heavy atom. The van der Waals surface area contributed by atoms with Crippen molar-refractivity contribution in [2.24, 2.45) is 0 Å². The molecule has 5 nitrogen and oxygen atoms in total. The number of rotatable bonds is 4. The summed E-state index contributed by atoms with van der Waals surface area (Å²) in [4.78, 5) is 21.2. The summed E-state index contributed by atoms with van der Waals surface area (Å²) in [5.41, 5.74) is 4.73. The topological polar surface area (TPSA) is 56.5 Å². The van der Waals surface area contributed by atoms with Crippen LogP contribution in [-0.4, -0.2) is 26.4 Å². The Morgan fingerprint density at radius 2 is 1.88 bits per heavy atom. The number of aryl methyl sites for hydroxylation is 2. The van der Waals surface area contributed by atoms with E-state index in [-0.39, 0.29) is 18.5 Å². The third-order valence-electron chi connectivity index (χ3n) is 3.71. The van der Waals surface area contributed by atoms with Crippen LogP contribution in [0.4, 0.5) is 0 Å². The fourth-order valence-electron chi connectivity index (χ4n) is 2.63. The lowest BCUT2D eigenvalue weighted by Crippen LogP contribution is -2.15. The Bertz CT molecular complexity index is 880. The van der Waals surface area contributed by atoms with Crippen molar-refractivity contribution in [1.82, 2.24) is 14.4 Å². The van der Waals surface area contributed by atoms with E-state index in [1.807, 2.05) is 62.6 Å². The van der Waals surface area contributed by atoms with E-state index < -0.39 is 0 Å². The molecule has 0 radical (unpaired) electrons. The number of fused-ring (bicyclic) bond motifs is 1. The van der Waals surface area contributed by atoms with Gasteiger partial charge in [0.05, 0.1) is 23.9 Å². The highest BCUT2D eigenvalue weighted by Crippen LogP contribution is 2.25. The molecule has 0 saturated heterocycles. The third-order valence-corrected chi connectivity index (χ3v) is 3.71. The first-order valence-electron chi connectivity index (χ1n) is 8.04. The molecule has 0 atom stereocenters. The Hall–Kier alpha value is -2.69. The second kappa shape index (κ2) is 6.43. The standard InChI is InChI=1S/C19H21N3O2/c1-12(2)24-17(23)9-16-18(15-7-5-13(3)6-8-15)21-19-20-10-14(4)11-22(16)19/h5-8,10-12H,9H2,1-4H3. The summed E-state index contributed by atoms with van der Waals surface area (Å²) in [7, 11) is 0. The summed E-state index contributed by atoms with van der Waals surface area (Å²) in [5, 5.41) is 0. The molecule has 124 valence electrons. The Kier molecular flexibility index (Phi) is 4.34. The largest absolute Gasteiger partial charge is 0.463 e. The zero-order chi connectivity index (χ0) is 17.3. The second-order valence-electron chi connectivity index (χ2n) is 6.29. The molecule has 24 heavy (non-hydrogen) atoms. The van der Waals surface area contributed by atoms with E-state index in [1.165, 1.54) is 5.56 Å². The molecule has 0 saturated carbocycles. The number of esters is 1. The lowest BCUT2D eigenvalue weighted by molar-refractivity contribution is -0.146. The molecule has 0 aliphatic rings. The van der Waals surface area contributed by atoms with Gasteiger partial charge in [-0.25, -0.2) is 9.97 Å². The van der Waals surface area contributed by atoms with E-state index >= 15 is 0 Å². The van der Waals surface area contributed by atoms with Gasteiger partial charge in [0.2, 0.25) is 5.78 Å². The lowest BCUT2D eigenvalue weighted by Gasteiger charge is -2.09. The summed E-state index contributed by atoms with van der Waals surface area (Å²) in [6.07, 6.45) is 3.75. The molecule has 0 N–H and O–H groups in total.